The van der Waals surface area contributed by atoms with Crippen molar-refractivity contribution >= 4 is 21.7 Å². The molecule has 214 valence electrons. The zero-order valence-electron chi connectivity index (χ0n) is 20.5. The number of hydrogen-bond donors (Lipinski definition) is 1. The topological polar surface area (TPSA) is 93.1 Å². The first-order valence-electron chi connectivity index (χ1n) is 11.6. The second kappa shape index (κ2) is 10.9. The number of aliphatic carboxylic acids is 1. The summed E-state index contributed by atoms with van der Waals surface area (Å²) in [4.78, 5) is 10.6. The summed E-state index contributed by atoms with van der Waals surface area (Å²) in [6.45, 7) is -2.17. The van der Waals surface area contributed by atoms with Crippen molar-refractivity contribution in [1.29, 1.82) is 0 Å². The SMILES string of the molecule is C[C@@H](CC(=O)O)[C@H]1CN(S(=O)(=O)c2cccc(C(F)(F)F)c2)c2cc(-c3cc(F)cc(OC(F)F)c3)ccc2O1. The number of rotatable bonds is 8. The van der Waals surface area contributed by atoms with Gasteiger partial charge in [0, 0.05) is 12.0 Å². The Kier molecular flexibility index (Phi) is 7.92. The minimum atomic E-state index is -4.82. The van der Waals surface area contributed by atoms with Crippen molar-refractivity contribution in [3.63, 3.8) is 0 Å². The quantitative estimate of drug-likeness (QED) is 0.316. The van der Waals surface area contributed by atoms with Gasteiger partial charge >= 0.3 is 18.8 Å². The number of carboxylic acid groups (broad SMARTS) is 1. The fourth-order valence-electron chi connectivity index (χ4n) is 4.24. The average Bonchev–Trinajstić information content (AvgIpc) is 2.86. The van der Waals surface area contributed by atoms with Crippen LogP contribution in [0.4, 0.5) is 32.0 Å². The van der Waals surface area contributed by atoms with E-state index < -0.39 is 69.4 Å². The molecule has 0 aromatic heterocycles. The van der Waals surface area contributed by atoms with Crippen molar-refractivity contribution in [3.8, 4) is 22.6 Å². The Hall–Kier alpha value is -3.94. The van der Waals surface area contributed by atoms with Gasteiger partial charge in [-0.25, -0.2) is 12.8 Å². The first-order chi connectivity index (χ1) is 18.6. The molecule has 7 nitrogen and oxygen atoms in total. The molecule has 14 heteroatoms. The number of nitrogens with zero attached hydrogens (tertiary/aromatic N) is 1. The van der Waals surface area contributed by atoms with Crippen LogP contribution < -0.4 is 13.8 Å². The van der Waals surface area contributed by atoms with E-state index >= 15 is 0 Å². The Balaban J connectivity index is 1.84. The summed E-state index contributed by atoms with van der Waals surface area (Å²) in [7, 11) is -4.68. The number of fused-ring (bicyclic) bond motifs is 1. The molecule has 0 saturated carbocycles. The standard InChI is InChI=1S/C26H21F6NO6S/c1-14(7-24(34)35)23-13-33(40(36,37)20-4-2-3-17(11-20)26(30,31)32)21-10-15(5-6-22(21)39-23)16-8-18(27)12-19(9-16)38-25(28)29/h2-6,8-12,14,23,25H,7,13H2,1H3,(H,34,35)/t14-,23+/m0/s1. The van der Waals surface area contributed by atoms with Gasteiger partial charge in [0.05, 0.1) is 29.1 Å². The molecule has 0 bridgehead atoms. The summed E-state index contributed by atoms with van der Waals surface area (Å²) in [6, 6.07) is 9.90. The first kappa shape index (κ1) is 29.1. The fraction of sp³-hybridized carbons (Fsp3) is 0.269. The molecule has 3 aromatic rings. The first-order valence-corrected chi connectivity index (χ1v) is 13.1. The maximum absolute atomic E-state index is 14.2. The monoisotopic (exact) mass is 589 g/mol. The van der Waals surface area contributed by atoms with Crippen LogP contribution in [-0.4, -0.2) is 38.8 Å². The molecule has 0 saturated heterocycles. The molecule has 0 amide bonds. The van der Waals surface area contributed by atoms with Crippen LogP contribution in [0.2, 0.25) is 0 Å². The number of ether oxygens (including phenoxy) is 2. The van der Waals surface area contributed by atoms with Crippen molar-refractivity contribution in [2.45, 2.75) is 37.1 Å². The van der Waals surface area contributed by atoms with E-state index in [9.17, 15) is 44.7 Å². The molecule has 0 fully saturated rings. The Morgan fingerprint density at radius 2 is 1.82 bits per heavy atom. The second-order valence-corrected chi connectivity index (χ2v) is 10.9. The third-order valence-electron chi connectivity index (χ3n) is 6.16. The van der Waals surface area contributed by atoms with Gasteiger partial charge in [-0.05, 0) is 53.6 Å². The molecule has 0 unspecified atom stereocenters. The molecule has 40 heavy (non-hydrogen) atoms. The Morgan fingerprint density at radius 3 is 2.48 bits per heavy atom. The van der Waals surface area contributed by atoms with Gasteiger partial charge in [-0.1, -0.05) is 19.1 Å². The molecule has 4 rings (SSSR count). The Bertz CT molecular complexity index is 1530. The van der Waals surface area contributed by atoms with Crippen LogP contribution >= 0.6 is 0 Å². The minimum Gasteiger partial charge on any atom is -0.486 e. The van der Waals surface area contributed by atoms with E-state index in [0.717, 1.165) is 34.6 Å². The highest BCUT2D eigenvalue weighted by Crippen LogP contribution is 2.42. The maximum Gasteiger partial charge on any atom is 0.416 e. The van der Waals surface area contributed by atoms with Gasteiger partial charge in [0.1, 0.15) is 23.4 Å². The van der Waals surface area contributed by atoms with E-state index in [1.165, 1.54) is 25.1 Å². The molecule has 3 aromatic carbocycles. The van der Waals surface area contributed by atoms with Crippen LogP contribution in [0.1, 0.15) is 18.9 Å². The summed E-state index contributed by atoms with van der Waals surface area (Å²) in [5, 5.41) is 9.20. The number of carboxylic acids is 1. The van der Waals surface area contributed by atoms with Crippen molar-refractivity contribution in [2.75, 3.05) is 10.8 Å². The highest BCUT2D eigenvalue weighted by molar-refractivity contribution is 7.92. The predicted octanol–water partition coefficient (Wildman–Crippen LogP) is 6.18. The van der Waals surface area contributed by atoms with Crippen LogP contribution in [-0.2, 0) is 21.0 Å². The van der Waals surface area contributed by atoms with Crippen LogP contribution in [0.5, 0.6) is 11.5 Å². The number of alkyl halides is 5. The number of sulfonamides is 1. The normalized spacial score (nSPS) is 16.3. The zero-order chi connectivity index (χ0) is 29.4. The van der Waals surface area contributed by atoms with Crippen LogP contribution in [0.3, 0.4) is 0 Å². The molecule has 1 aliphatic rings. The lowest BCUT2D eigenvalue weighted by Crippen LogP contribution is -2.46. The predicted molar refractivity (Wildman–Crippen MR) is 130 cm³/mol. The van der Waals surface area contributed by atoms with E-state index in [1.807, 2.05) is 0 Å². The largest absolute Gasteiger partial charge is 0.486 e. The lowest BCUT2D eigenvalue weighted by molar-refractivity contribution is -0.139. The van der Waals surface area contributed by atoms with Crippen LogP contribution in [0.25, 0.3) is 11.1 Å². The molecule has 2 atom stereocenters. The molecular formula is C26H21F6NO6S. The van der Waals surface area contributed by atoms with Gasteiger partial charge in [0.15, 0.2) is 0 Å². The van der Waals surface area contributed by atoms with Gasteiger partial charge in [-0.2, -0.15) is 22.0 Å². The highest BCUT2D eigenvalue weighted by Gasteiger charge is 2.39. The smallest absolute Gasteiger partial charge is 0.416 e. The summed E-state index contributed by atoms with van der Waals surface area (Å²) < 4.78 is 118. The molecule has 0 aliphatic carbocycles. The molecule has 1 N–H and O–H groups in total. The summed E-state index contributed by atoms with van der Waals surface area (Å²) >= 11 is 0. The Morgan fingerprint density at radius 1 is 1.10 bits per heavy atom. The zero-order valence-corrected chi connectivity index (χ0v) is 21.3. The van der Waals surface area contributed by atoms with E-state index in [2.05, 4.69) is 4.74 Å². The van der Waals surface area contributed by atoms with E-state index in [-0.39, 0.29) is 29.0 Å². The van der Waals surface area contributed by atoms with E-state index in [4.69, 9.17) is 4.74 Å². The van der Waals surface area contributed by atoms with Gasteiger partial charge in [-0.15, -0.1) is 0 Å². The summed E-state index contributed by atoms with van der Waals surface area (Å²) in [5.41, 5.74) is -1.13. The van der Waals surface area contributed by atoms with Crippen LogP contribution in [0.15, 0.2) is 65.6 Å². The third-order valence-corrected chi connectivity index (χ3v) is 7.94. The highest BCUT2D eigenvalue weighted by atomic mass is 32.2. The van der Waals surface area contributed by atoms with Crippen molar-refractivity contribution in [3.05, 3.63) is 72.0 Å². The minimum absolute atomic E-state index is 0.0340. The van der Waals surface area contributed by atoms with Crippen molar-refractivity contribution in [1.82, 2.24) is 0 Å². The molecule has 1 heterocycles. The third kappa shape index (κ3) is 6.27. The summed E-state index contributed by atoms with van der Waals surface area (Å²) in [6.07, 6.45) is -6.20. The molecule has 0 radical (unpaired) electrons. The number of benzene rings is 3. The van der Waals surface area contributed by atoms with Gasteiger partial charge < -0.3 is 14.6 Å². The lowest BCUT2D eigenvalue weighted by Gasteiger charge is -2.38. The van der Waals surface area contributed by atoms with Gasteiger partial charge in [0.2, 0.25) is 0 Å². The Labute approximate surface area is 224 Å². The second-order valence-electron chi connectivity index (χ2n) is 9.03. The van der Waals surface area contributed by atoms with E-state index in [1.54, 1.807) is 0 Å². The molecule has 0 spiro atoms. The average molecular weight is 590 g/mol. The number of hydrogen-bond acceptors (Lipinski definition) is 5. The van der Waals surface area contributed by atoms with Gasteiger partial charge in [-0.3, -0.25) is 9.10 Å². The maximum atomic E-state index is 14.2. The number of halogens is 6. The molecule has 1 aliphatic heterocycles. The van der Waals surface area contributed by atoms with Crippen LogP contribution in [0, 0.1) is 11.7 Å². The van der Waals surface area contributed by atoms with Gasteiger partial charge in [0.25, 0.3) is 10.0 Å². The number of anilines is 1. The fourth-order valence-corrected chi connectivity index (χ4v) is 5.77. The van der Waals surface area contributed by atoms with E-state index in [0.29, 0.717) is 12.1 Å². The number of carbonyl (C=O) groups is 1. The molecular weight excluding hydrogens is 568 g/mol. The van der Waals surface area contributed by atoms with Crippen molar-refractivity contribution < 1.29 is 54.1 Å². The lowest BCUT2D eigenvalue weighted by atomic mass is 9.98. The van der Waals surface area contributed by atoms with Crippen molar-refractivity contribution in [2.24, 2.45) is 5.92 Å². The summed E-state index contributed by atoms with van der Waals surface area (Å²) in [5.74, 6) is -3.32.